The van der Waals surface area contributed by atoms with Gasteiger partial charge < -0.3 is 5.32 Å². The molecule has 0 radical (unpaired) electrons. The molecular weight excluding hydrogens is 252 g/mol. The molecule has 0 unspecified atom stereocenters. The highest BCUT2D eigenvalue weighted by molar-refractivity contribution is 9.10. The molecule has 2 rings (SSSR count). The molecule has 1 aliphatic heterocycles. The van der Waals surface area contributed by atoms with Gasteiger partial charge in [0.2, 0.25) is 5.91 Å². The van der Waals surface area contributed by atoms with Gasteiger partial charge in [0.15, 0.2) is 0 Å². The fraction of sp³-hybridized carbons (Fsp3) is 0.250. The van der Waals surface area contributed by atoms with Gasteiger partial charge in [-0.25, -0.2) is 4.98 Å². The molecule has 13 heavy (non-hydrogen) atoms. The Bertz CT molecular complexity index is 381. The highest BCUT2D eigenvalue weighted by atomic mass is 79.9. The molecular formula is C8H7BrN2OS. The van der Waals surface area contributed by atoms with Crippen molar-refractivity contribution in [1.82, 2.24) is 4.98 Å². The number of carbonyl (C=O) groups is 1. The van der Waals surface area contributed by atoms with Crippen LogP contribution in [0.2, 0.25) is 0 Å². The number of amides is 1. The minimum Gasteiger partial charge on any atom is -0.309 e. The van der Waals surface area contributed by atoms with E-state index in [0.29, 0.717) is 11.6 Å². The number of carbonyl (C=O) groups excluding carboxylic acids is 1. The van der Waals surface area contributed by atoms with Crippen molar-refractivity contribution in [1.29, 1.82) is 0 Å². The van der Waals surface area contributed by atoms with Gasteiger partial charge in [0.25, 0.3) is 0 Å². The molecule has 3 nitrogen and oxygen atoms in total. The van der Waals surface area contributed by atoms with Gasteiger partial charge in [-0.3, -0.25) is 4.79 Å². The number of rotatable bonds is 0. The van der Waals surface area contributed by atoms with E-state index in [1.165, 1.54) is 11.8 Å². The van der Waals surface area contributed by atoms with Crippen LogP contribution in [0.3, 0.4) is 0 Å². The number of hydrogen-bond donors (Lipinski definition) is 1. The smallest absolute Gasteiger partial charge is 0.235 e. The van der Waals surface area contributed by atoms with Crippen molar-refractivity contribution in [2.75, 3.05) is 11.1 Å². The van der Waals surface area contributed by atoms with E-state index in [1.807, 2.05) is 13.0 Å². The van der Waals surface area contributed by atoms with Crippen LogP contribution in [0.1, 0.15) is 5.69 Å². The summed E-state index contributed by atoms with van der Waals surface area (Å²) in [6.45, 7) is 1.90. The second-order valence-electron chi connectivity index (χ2n) is 2.74. The van der Waals surface area contributed by atoms with Gasteiger partial charge in [-0.1, -0.05) is 0 Å². The third-order valence-corrected chi connectivity index (χ3v) is 3.56. The summed E-state index contributed by atoms with van der Waals surface area (Å²) in [5, 5.41) is 2.74. The van der Waals surface area contributed by atoms with Gasteiger partial charge in [-0.15, -0.1) is 11.8 Å². The number of nitrogens with one attached hydrogen (secondary N) is 1. The number of pyridine rings is 1. The zero-order chi connectivity index (χ0) is 9.42. The van der Waals surface area contributed by atoms with Gasteiger partial charge in [0.05, 0.1) is 16.3 Å². The number of nitrogens with zero attached hydrogens (tertiary/aromatic N) is 1. The molecule has 1 aliphatic rings. The maximum atomic E-state index is 11.0. The summed E-state index contributed by atoms with van der Waals surface area (Å²) in [6, 6.07) is 1.99. The molecule has 1 aromatic rings. The van der Waals surface area contributed by atoms with E-state index in [2.05, 4.69) is 26.2 Å². The second-order valence-corrected chi connectivity index (χ2v) is 4.61. The molecule has 68 valence electrons. The minimum absolute atomic E-state index is 0.0201. The van der Waals surface area contributed by atoms with Crippen molar-refractivity contribution < 1.29 is 4.79 Å². The SMILES string of the molecule is Cc1nc2c(cc1Br)SCC(=O)N2. The summed E-state index contributed by atoms with van der Waals surface area (Å²) in [7, 11) is 0. The Morgan fingerprint density at radius 3 is 3.23 bits per heavy atom. The molecule has 0 spiro atoms. The quantitative estimate of drug-likeness (QED) is 0.776. The highest BCUT2D eigenvalue weighted by Crippen LogP contribution is 2.32. The summed E-state index contributed by atoms with van der Waals surface area (Å²) >= 11 is 4.92. The second kappa shape index (κ2) is 3.31. The van der Waals surface area contributed by atoms with E-state index in [0.717, 1.165) is 15.1 Å². The highest BCUT2D eigenvalue weighted by Gasteiger charge is 2.17. The predicted octanol–water partition coefficient (Wildman–Crippen LogP) is 2.20. The van der Waals surface area contributed by atoms with E-state index in [-0.39, 0.29) is 5.91 Å². The van der Waals surface area contributed by atoms with Gasteiger partial charge in [0.1, 0.15) is 5.82 Å². The molecule has 0 fully saturated rings. The van der Waals surface area contributed by atoms with E-state index in [4.69, 9.17) is 0 Å². The normalized spacial score (nSPS) is 15.1. The van der Waals surface area contributed by atoms with E-state index < -0.39 is 0 Å². The van der Waals surface area contributed by atoms with Gasteiger partial charge in [-0.2, -0.15) is 0 Å². The predicted molar refractivity (Wildman–Crippen MR) is 56.0 cm³/mol. The van der Waals surface area contributed by atoms with Crippen LogP contribution in [-0.2, 0) is 4.79 Å². The molecule has 0 atom stereocenters. The van der Waals surface area contributed by atoms with Crippen molar-refractivity contribution in [3.8, 4) is 0 Å². The molecule has 0 aliphatic carbocycles. The molecule has 0 aromatic carbocycles. The average molecular weight is 259 g/mol. The largest absolute Gasteiger partial charge is 0.309 e. The number of halogens is 1. The zero-order valence-corrected chi connectivity index (χ0v) is 9.33. The molecule has 2 heterocycles. The van der Waals surface area contributed by atoms with Crippen LogP contribution in [0.5, 0.6) is 0 Å². The van der Waals surface area contributed by atoms with Gasteiger partial charge in [-0.05, 0) is 28.9 Å². The lowest BCUT2D eigenvalue weighted by molar-refractivity contribution is -0.113. The lowest BCUT2D eigenvalue weighted by Crippen LogP contribution is -2.20. The maximum absolute atomic E-state index is 11.0. The molecule has 0 saturated heterocycles. The minimum atomic E-state index is 0.0201. The number of aromatic nitrogens is 1. The first-order chi connectivity index (χ1) is 6.16. The summed E-state index contributed by atoms with van der Waals surface area (Å²) in [5.74, 6) is 1.18. The molecule has 1 aromatic heterocycles. The number of thioether (sulfide) groups is 1. The Kier molecular flexibility index (Phi) is 2.29. The van der Waals surface area contributed by atoms with E-state index in [9.17, 15) is 4.79 Å². The van der Waals surface area contributed by atoms with Crippen molar-refractivity contribution >= 4 is 39.4 Å². The Morgan fingerprint density at radius 1 is 1.69 bits per heavy atom. The van der Waals surface area contributed by atoms with Crippen molar-refractivity contribution in [3.63, 3.8) is 0 Å². The summed E-state index contributed by atoms with van der Waals surface area (Å²) in [6.07, 6.45) is 0. The first kappa shape index (κ1) is 9.02. The fourth-order valence-corrected chi connectivity index (χ4v) is 2.34. The fourth-order valence-electron chi connectivity index (χ4n) is 1.08. The van der Waals surface area contributed by atoms with Crippen LogP contribution in [-0.4, -0.2) is 16.6 Å². The third kappa shape index (κ3) is 1.71. The molecule has 0 saturated carbocycles. The maximum Gasteiger partial charge on any atom is 0.235 e. The monoisotopic (exact) mass is 258 g/mol. The summed E-state index contributed by atoms with van der Waals surface area (Å²) in [5.41, 5.74) is 0.890. The first-order valence-electron chi connectivity index (χ1n) is 3.76. The average Bonchev–Trinajstić information content (AvgIpc) is 2.08. The Balaban J connectivity index is 2.49. The molecule has 1 N–H and O–H groups in total. The molecule has 5 heteroatoms. The number of anilines is 1. The first-order valence-corrected chi connectivity index (χ1v) is 5.54. The topological polar surface area (TPSA) is 42.0 Å². The number of hydrogen-bond acceptors (Lipinski definition) is 3. The van der Waals surface area contributed by atoms with E-state index in [1.54, 1.807) is 0 Å². The summed E-state index contributed by atoms with van der Waals surface area (Å²) < 4.78 is 0.981. The van der Waals surface area contributed by atoms with Crippen molar-refractivity contribution in [2.45, 2.75) is 11.8 Å². The Hall–Kier alpha value is -0.550. The lowest BCUT2D eigenvalue weighted by atomic mass is 10.3. The van der Waals surface area contributed by atoms with Crippen LogP contribution in [0.25, 0.3) is 0 Å². The van der Waals surface area contributed by atoms with E-state index >= 15 is 0 Å². The number of aryl methyl sites for hydroxylation is 1. The van der Waals surface area contributed by atoms with Gasteiger partial charge >= 0.3 is 0 Å². The van der Waals surface area contributed by atoms with Gasteiger partial charge in [0, 0.05) is 4.47 Å². The van der Waals surface area contributed by atoms with Crippen molar-refractivity contribution in [2.24, 2.45) is 0 Å². The Labute approximate surface area is 88.4 Å². The van der Waals surface area contributed by atoms with Crippen LogP contribution in [0.4, 0.5) is 5.82 Å². The molecule has 0 bridgehead atoms. The number of fused-ring (bicyclic) bond motifs is 1. The van der Waals surface area contributed by atoms with Crippen LogP contribution in [0.15, 0.2) is 15.4 Å². The standard InChI is InChI=1S/C8H7BrN2OS/c1-4-5(9)2-6-8(10-4)11-7(12)3-13-6/h2H,3H2,1H3,(H,10,11,12). The van der Waals surface area contributed by atoms with Crippen molar-refractivity contribution in [3.05, 3.63) is 16.2 Å². The van der Waals surface area contributed by atoms with Crippen LogP contribution >= 0.6 is 27.7 Å². The lowest BCUT2D eigenvalue weighted by Gasteiger charge is -2.15. The van der Waals surface area contributed by atoms with Crippen LogP contribution < -0.4 is 5.32 Å². The Morgan fingerprint density at radius 2 is 2.46 bits per heavy atom. The molecule has 1 amide bonds. The summed E-state index contributed by atoms with van der Waals surface area (Å²) in [4.78, 5) is 16.3. The van der Waals surface area contributed by atoms with Crippen LogP contribution in [0, 0.1) is 6.92 Å². The zero-order valence-electron chi connectivity index (χ0n) is 6.93. The third-order valence-electron chi connectivity index (χ3n) is 1.73.